The highest BCUT2D eigenvalue weighted by atomic mass is 35.5. The fourth-order valence-corrected chi connectivity index (χ4v) is 4.42. The van der Waals surface area contributed by atoms with Gasteiger partial charge in [0.15, 0.2) is 0 Å². The van der Waals surface area contributed by atoms with Crippen molar-refractivity contribution in [1.82, 2.24) is 4.31 Å². The normalized spacial score (nSPS) is 18.9. The van der Waals surface area contributed by atoms with Crippen LogP contribution < -0.4 is 4.74 Å². The second-order valence-electron chi connectivity index (χ2n) is 6.09. The molecular formula is C15H22ClNO3S. The van der Waals surface area contributed by atoms with Gasteiger partial charge in [-0.15, -0.1) is 11.6 Å². The van der Waals surface area contributed by atoms with E-state index in [1.54, 1.807) is 22.5 Å². The molecule has 1 fully saturated rings. The first-order valence-electron chi connectivity index (χ1n) is 7.12. The van der Waals surface area contributed by atoms with Crippen LogP contribution in [0.3, 0.4) is 0 Å². The van der Waals surface area contributed by atoms with Gasteiger partial charge < -0.3 is 4.74 Å². The van der Waals surface area contributed by atoms with Crippen molar-refractivity contribution in [2.24, 2.45) is 5.41 Å². The highest BCUT2D eigenvalue weighted by molar-refractivity contribution is 7.89. The van der Waals surface area contributed by atoms with Crippen molar-refractivity contribution in [3.05, 3.63) is 23.8 Å². The summed E-state index contributed by atoms with van der Waals surface area (Å²) < 4.78 is 32.4. The second-order valence-corrected chi connectivity index (χ2v) is 8.29. The lowest BCUT2D eigenvalue weighted by Gasteiger charge is -2.20. The zero-order valence-electron chi connectivity index (χ0n) is 12.7. The van der Waals surface area contributed by atoms with Gasteiger partial charge in [-0.3, -0.25) is 0 Å². The lowest BCUT2D eigenvalue weighted by atomic mass is 9.93. The largest absolute Gasteiger partial charge is 0.494 e. The van der Waals surface area contributed by atoms with Gasteiger partial charge in [-0.1, -0.05) is 13.8 Å². The standard InChI is InChI=1S/C15H22ClNO3S/c1-4-20-14-6-5-13(9-12(14)10-16)21(18,19)17-8-7-15(2,3)11-17/h5-6,9H,4,7-8,10-11H2,1-3H3. The third-order valence-corrected chi connectivity index (χ3v) is 5.88. The van der Waals surface area contributed by atoms with Gasteiger partial charge in [-0.25, -0.2) is 8.42 Å². The van der Waals surface area contributed by atoms with Gasteiger partial charge in [0.2, 0.25) is 10.0 Å². The van der Waals surface area contributed by atoms with Gasteiger partial charge in [0, 0.05) is 18.7 Å². The molecule has 0 aromatic heterocycles. The summed E-state index contributed by atoms with van der Waals surface area (Å²) in [7, 11) is -3.45. The summed E-state index contributed by atoms with van der Waals surface area (Å²) in [4.78, 5) is 0.291. The van der Waals surface area contributed by atoms with E-state index in [0.29, 0.717) is 35.9 Å². The fraction of sp³-hybridized carbons (Fsp3) is 0.600. The van der Waals surface area contributed by atoms with Crippen molar-refractivity contribution in [2.45, 2.75) is 38.0 Å². The lowest BCUT2D eigenvalue weighted by molar-refractivity contribution is 0.337. The first-order chi connectivity index (χ1) is 9.80. The average molecular weight is 332 g/mol. The van der Waals surface area contributed by atoms with Crippen LogP contribution in [0.15, 0.2) is 23.1 Å². The smallest absolute Gasteiger partial charge is 0.243 e. The predicted molar refractivity (Wildman–Crippen MR) is 84.3 cm³/mol. The molecule has 0 atom stereocenters. The minimum absolute atomic E-state index is 0.0354. The quantitative estimate of drug-likeness (QED) is 0.778. The number of nitrogens with zero attached hydrogens (tertiary/aromatic N) is 1. The molecule has 1 aromatic rings. The first kappa shape index (κ1) is 16.6. The highest BCUT2D eigenvalue weighted by Gasteiger charge is 2.36. The van der Waals surface area contributed by atoms with Crippen molar-refractivity contribution < 1.29 is 13.2 Å². The first-order valence-corrected chi connectivity index (χ1v) is 9.09. The Kier molecular flexibility index (Phi) is 4.85. The van der Waals surface area contributed by atoms with Gasteiger partial charge in [-0.05, 0) is 37.0 Å². The Bertz CT molecular complexity index is 613. The molecule has 1 aromatic carbocycles. The summed E-state index contributed by atoms with van der Waals surface area (Å²) in [5.41, 5.74) is 0.742. The van der Waals surface area contributed by atoms with E-state index in [9.17, 15) is 8.42 Å². The molecule has 1 saturated heterocycles. The van der Waals surface area contributed by atoms with Gasteiger partial charge in [-0.2, -0.15) is 4.31 Å². The third kappa shape index (κ3) is 3.52. The zero-order valence-corrected chi connectivity index (χ0v) is 14.3. The molecule has 1 heterocycles. The molecular weight excluding hydrogens is 310 g/mol. The Labute approximate surface area is 132 Å². The van der Waals surface area contributed by atoms with Crippen LogP contribution in [0.5, 0.6) is 5.75 Å². The molecule has 1 aliphatic heterocycles. The fourth-order valence-electron chi connectivity index (χ4n) is 2.53. The SMILES string of the molecule is CCOc1ccc(S(=O)(=O)N2CCC(C)(C)C2)cc1CCl. The van der Waals surface area contributed by atoms with E-state index < -0.39 is 10.0 Å². The Hall–Kier alpha value is -0.780. The summed E-state index contributed by atoms with van der Waals surface area (Å²) in [6.45, 7) is 7.71. The number of sulfonamides is 1. The number of halogens is 1. The van der Waals surface area contributed by atoms with Crippen LogP contribution in [0, 0.1) is 5.41 Å². The Morgan fingerprint density at radius 3 is 2.62 bits per heavy atom. The van der Waals surface area contributed by atoms with E-state index in [-0.39, 0.29) is 11.3 Å². The molecule has 118 valence electrons. The molecule has 0 spiro atoms. The summed E-state index contributed by atoms with van der Waals surface area (Å²) >= 11 is 5.91. The summed E-state index contributed by atoms with van der Waals surface area (Å²) in [5, 5.41) is 0. The number of benzene rings is 1. The van der Waals surface area contributed by atoms with Crippen LogP contribution in [0.2, 0.25) is 0 Å². The van der Waals surface area contributed by atoms with E-state index >= 15 is 0 Å². The maximum absolute atomic E-state index is 12.7. The molecule has 0 amide bonds. The Morgan fingerprint density at radius 1 is 1.38 bits per heavy atom. The van der Waals surface area contributed by atoms with Gasteiger partial charge in [0.25, 0.3) is 0 Å². The lowest BCUT2D eigenvalue weighted by Crippen LogP contribution is -2.30. The number of alkyl halides is 1. The van der Waals surface area contributed by atoms with Crippen molar-refractivity contribution >= 4 is 21.6 Å². The van der Waals surface area contributed by atoms with Gasteiger partial charge >= 0.3 is 0 Å². The maximum atomic E-state index is 12.7. The van der Waals surface area contributed by atoms with E-state index in [4.69, 9.17) is 16.3 Å². The van der Waals surface area contributed by atoms with Crippen molar-refractivity contribution in [2.75, 3.05) is 19.7 Å². The van der Waals surface area contributed by atoms with E-state index in [0.717, 1.165) is 6.42 Å². The highest BCUT2D eigenvalue weighted by Crippen LogP contribution is 2.34. The average Bonchev–Trinajstić information content (AvgIpc) is 2.80. The van der Waals surface area contributed by atoms with Crippen molar-refractivity contribution in [3.8, 4) is 5.75 Å². The topological polar surface area (TPSA) is 46.6 Å². The van der Waals surface area contributed by atoms with Gasteiger partial charge in [0.05, 0.1) is 17.4 Å². The molecule has 0 saturated carbocycles. The Balaban J connectivity index is 2.33. The van der Waals surface area contributed by atoms with Crippen LogP contribution in [0.4, 0.5) is 0 Å². The molecule has 0 bridgehead atoms. The molecule has 0 N–H and O–H groups in total. The third-order valence-electron chi connectivity index (χ3n) is 3.76. The molecule has 0 radical (unpaired) electrons. The molecule has 1 aliphatic rings. The molecule has 21 heavy (non-hydrogen) atoms. The molecule has 6 heteroatoms. The number of hydrogen-bond acceptors (Lipinski definition) is 3. The summed E-state index contributed by atoms with van der Waals surface area (Å²) in [6, 6.07) is 4.91. The molecule has 2 rings (SSSR count). The minimum Gasteiger partial charge on any atom is -0.494 e. The predicted octanol–water partition coefficient (Wildman–Crippen LogP) is 3.24. The van der Waals surface area contributed by atoms with Gasteiger partial charge in [0.1, 0.15) is 5.75 Å². The van der Waals surface area contributed by atoms with Crippen molar-refractivity contribution in [1.29, 1.82) is 0 Å². The van der Waals surface area contributed by atoms with Crippen LogP contribution in [0.1, 0.15) is 32.8 Å². The molecule has 0 unspecified atom stereocenters. The van der Waals surface area contributed by atoms with Crippen LogP contribution >= 0.6 is 11.6 Å². The van der Waals surface area contributed by atoms with Crippen LogP contribution in [-0.2, 0) is 15.9 Å². The van der Waals surface area contributed by atoms with Crippen LogP contribution in [0.25, 0.3) is 0 Å². The molecule has 0 aliphatic carbocycles. The second kappa shape index (κ2) is 6.15. The van der Waals surface area contributed by atoms with E-state index in [1.165, 1.54) is 0 Å². The molecule has 4 nitrogen and oxygen atoms in total. The van der Waals surface area contributed by atoms with E-state index in [1.807, 2.05) is 6.92 Å². The summed E-state index contributed by atoms with van der Waals surface area (Å²) in [5.74, 6) is 0.873. The van der Waals surface area contributed by atoms with Crippen LogP contribution in [-0.4, -0.2) is 32.4 Å². The minimum atomic E-state index is -3.45. The van der Waals surface area contributed by atoms with Crippen molar-refractivity contribution in [3.63, 3.8) is 0 Å². The Morgan fingerprint density at radius 2 is 2.10 bits per heavy atom. The number of ether oxygens (including phenoxy) is 1. The number of rotatable bonds is 5. The zero-order chi connectivity index (χ0) is 15.7. The maximum Gasteiger partial charge on any atom is 0.243 e. The summed E-state index contributed by atoms with van der Waals surface area (Å²) in [6.07, 6.45) is 0.881. The number of hydrogen-bond donors (Lipinski definition) is 0. The van der Waals surface area contributed by atoms with E-state index in [2.05, 4.69) is 13.8 Å². The monoisotopic (exact) mass is 331 g/mol.